The van der Waals surface area contributed by atoms with Gasteiger partial charge in [0.15, 0.2) is 28.1 Å². The van der Waals surface area contributed by atoms with Gasteiger partial charge in [0.05, 0.1) is 12.3 Å². The summed E-state index contributed by atoms with van der Waals surface area (Å²) in [4.78, 5) is 27.0. The quantitative estimate of drug-likeness (QED) is 0.229. The number of halogens is 2. The van der Waals surface area contributed by atoms with Crippen molar-refractivity contribution >= 4 is 56.8 Å². The topological polar surface area (TPSA) is 86.3 Å². The van der Waals surface area contributed by atoms with E-state index in [1.54, 1.807) is 18.2 Å². The highest BCUT2D eigenvalue weighted by molar-refractivity contribution is 9.10. The molecule has 2 aliphatic heterocycles. The van der Waals surface area contributed by atoms with Crippen LogP contribution in [0.2, 0.25) is 0 Å². The number of amides is 2. The molecule has 1 saturated heterocycles. The van der Waals surface area contributed by atoms with E-state index in [1.807, 2.05) is 25.1 Å². The summed E-state index contributed by atoms with van der Waals surface area (Å²) in [6, 6.07) is 14.6. The van der Waals surface area contributed by atoms with Crippen LogP contribution in [0.25, 0.3) is 6.08 Å². The predicted molar refractivity (Wildman–Crippen MR) is 145 cm³/mol. The van der Waals surface area contributed by atoms with Crippen molar-refractivity contribution in [3.05, 3.63) is 81.6 Å². The molecule has 11 heteroatoms. The first kappa shape index (κ1) is 25.7. The summed E-state index contributed by atoms with van der Waals surface area (Å²) >= 11 is 8.64. The van der Waals surface area contributed by atoms with Crippen molar-refractivity contribution in [1.82, 2.24) is 5.32 Å². The molecule has 2 heterocycles. The molecule has 38 heavy (non-hydrogen) atoms. The number of carbonyl (C=O) groups is 2. The lowest BCUT2D eigenvalue weighted by atomic mass is 10.1. The molecule has 0 radical (unpaired) electrons. The molecule has 2 aliphatic rings. The van der Waals surface area contributed by atoms with Crippen LogP contribution >= 0.6 is 28.1 Å². The fourth-order valence-electron chi connectivity index (χ4n) is 3.90. The average Bonchev–Trinajstić information content (AvgIpc) is 3.36. The smallest absolute Gasteiger partial charge is 0.270 e. The molecule has 8 nitrogen and oxygen atoms in total. The number of carbonyl (C=O) groups excluding carboxylic acids is 2. The molecule has 1 fully saturated rings. The summed E-state index contributed by atoms with van der Waals surface area (Å²) in [6.45, 7) is 2.60. The molecule has 0 saturated carbocycles. The number of benzene rings is 3. The van der Waals surface area contributed by atoms with Crippen LogP contribution < -0.4 is 29.2 Å². The van der Waals surface area contributed by atoms with E-state index in [4.69, 9.17) is 31.2 Å². The Bertz CT molecular complexity index is 1490. The lowest BCUT2D eigenvalue weighted by molar-refractivity contribution is -0.122. The minimum atomic E-state index is -0.753. The number of thiocarbonyl (C=S) groups is 1. The highest BCUT2D eigenvalue weighted by atomic mass is 79.9. The Morgan fingerprint density at radius 1 is 1.08 bits per heavy atom. The summed E-state index contributed by atoms with van der Waals surface area (Å²) < 4.78 is 37.5. The number of ether oxygens (including phenoxy) is 4. The molecule has 3 aromatic rings. The van der Waals surface area contributed by atoms with Crippen LogP contribution in [0.4, 0.5) is 10.1 Å². The molecule has 0 spiro atoms. The van der Waals surface area contributed by atoms with E-state index in [1.165, 1.54) is 24.3 Å². The maximum atomic E-state index is 14.4. The van der Waals surface area contributed by atoms with Crippen molar-refractivity contribution in [3.8, 4) is 23.0 Å². The molecule has 2 amide bonds. The maximum absolute atomic E-state index is 14.4. The van der Waals surface area contributed by atoms with E-state index in [2.05, 4.69) is 21.2 Å². The van der Waals surface area contributed by atoms with E-state index < -0.39 is 17.6 Å². The number of fused-ring (bicyclic) bond motifs is 1. The minimum absolute atomic E-state index is 0.0604. The lowest BCUT2D eigenvalue weighted by Gasteiger charge is -2.29. The van der Waals surface area contributed by atoms with Crippen LogP contribution in [0.1, 0.15) is 18.1 Å². The first-order valence-corrected chi connectivity index (χ1v) is 12.7. The van der Waals surface area contributed by atoms with Crippen LogP contribution in [-0.4, -0.2) is 30.3 Å². The third-order valence-corrected chi connectivity index (χ3v) is 6.66. The van der Waals surface area contributed by atoms with Gasteiger partial charge in [-0.2, -0.15) is 0 Å². The molecule has 0 bridgehead atoms. The number of hydrogen-bond acceptors (Lipinski definition) is 7. The van der Waals surface area contributed by atoms with Crippen LogP contribution in [0, 0.1) is 5.82 Å². The molecule has 0 aliphatic carbocycles. The summed E-state index contributed by atoms with van der Waals surface area (Å²) in [5.74, 6) is 0.0959. The van der Waals surface area contributed by atoms with Gasteiger partial charge in [-0.1, -0.05) is 34.1 Å². The second-order valence-electron chi connectivity index (χ2n) is 8.14. The van der Waals surface area contributed by atoms with Gasteiger partial charge < -0.3 is 18.9 Å². The average molecular weight is 599 g/mol. The Morgan fingerprint density at radius 2 is 1.84 bits per heavy atom. The molecular weight excluding hydrogens is 579 g/mol. The monoisotopic (exact) mass is 598 g/mol. The fraction of sp³-hybridized carbons (Fsp3) is 0.148. The zero-order valence-electron chi connectivity index (χ0n) is 20.0. The van der Waals surface area contributed by atoms with E-state index in [0.717, 1.165) is 10.5 Å². The Labute approximate surface area is 231 Å². The van der Waals surface area contributed by atoms with Gasteiger partial charge in [-0.15, -0.1) is 0 Å². The molecular formula is C27H20BrFN2O6S. The Hall–Kier alpha value is -3.96. The van der Waals surface area contributed by atoms with Gasteiger partial charge in [0.2, 0.25) is 6.79 Å². The van der Waals surface area contributed by atoms with Gasteiger partial charge in [0.1, 0.15) is 18.0 Å². The van der Waals surface area contributed by atoms with Crippen molar-refractivity contribution in [2.45, 2.75) is 13.5 Å². The van der Waals surface area contributed by atoms with Crippen molar-refractivity contribution in [1.29, 1.82) is 0 Å². The van der Waals surface area contributed by atoms with Gasteiger partial charge >= 0.3 is 0 Å². The molecule has 5 rings (SSSR count). The minimum Gasteiger partial charge on any atom is -0.490 e. The van der Waals surface area contributed by atoms with Gasteiger partial charge in [-0.25, -0.2) is 9.29 Å². The van der Waals surface area contributed by atoms with Crippen LogP contribution in [0.3, 0.4) is 0 Å². The zero-order valence-corrected chi connectivity index (χ0v) is 22.4. The van der Waals surface area contributed by atoms with Crippen LogP contribution in [-0.2, 0) is 16.2 Å². The van der Waals surface area contributed by atoms with Crippen molar-refractivity contribution in [2.75, 3.05) is 18.3 Å². The second kappa shape index (κ2) is 10.8. The second-order valence-corrected chi connectivity index (χ2v) is 9.38. The van der Waals surface area contributed by atoms with Gasteiger partial charge in [0.25, 0.3) is 11.8 Å². The maximum Gasteiger partial charge on any atom is 0.270 e. The SMILES string of the molecule is CCOc1cc(/C=C2\C(=O)NC(=S)N(c3ccccc3F)C2=O)c(Br)cc1OCc1ccc2c(c1)OCO2. The van der Waals surface area contributed by atoms with E-state index in [0.29, 0.717) is 39.6 Å². The Kier molecular flexibility index (Phi) is 7.30. The number of nitrogens with one attached hydrogen (secondary N) is 1. The number of hydrogen-bond donors (Lipinski definition) is 1. The van der Waals surface area contributed by atoms with Crippen molar-refractivity contribution < 1.29 is 32.9 Å². The van der Waals surface area contributed by atoms with Crippen LogP contribution in [0.5, 0.6) is 23.0 Å². The molecule has 1 N–H and O–H groups in total. The number of rotatable bonds is 7. The molecule has 3 aromatic carbocycles. The highest BCUT2D eigenvalue weighted by Crippen LogP contribution is 2.37. The zero-order chi connectivity index (χ0) is 26.8. The third-order valence-electron chi connectivity index (χ3n) is 5.69. The summed E-state index contributed by atoms with van der Waals surface area (Å²) in [7, 11) is 0. The predicted octanol–water partition coefficient (Wildman–Crippen LogP) is 5.13. The Balaban J connectivity index is 1.44. The van der Waals surface area contributed by atoms with Crippen LogP contribution in [0.15, 0.2) is 64.6 Å². The molecule has 194 valence electrons. The third kappa shape index (κ3) is 5.07. The molecule has 0 atom stereocenters. The van der Waals surface area contributed by atoms with E-state index >= 15 is 0 Å². The fourth-order valence-corrected chi connectivity index (χ4v) is 4.61. The largest absolute Gasteiger partial charge is 0.490 e. The highest BCUT2D eigenvalue weighted by Gasteiger charge is 2.35. The van der Waals surface area contributed by atoms with E-state index in [9.17, 15) is 14.0 Å². The van der Waals surface area contributed by atoms with Gasteiger partial charge in [-0.05, 0) is 72.7 Å². The summed E-state index contributed by atoms with van der Waals surface area (Å²) in [5.41, 5.74) is 1.06. The first-order chi connectivity index (χ1) is 18.4. The van der Waals surface area contributed by atoms with Crippen molar-refractivity contribution in [3.63, 3.8) is 0 Å². The van der Waals surface area contributed by atoms with Gasteiger partial charge in [0, 0.05) is 4.47 Å². The first-order valence-electron chi connectivity index (χ1n) is 11.5. The number of nitrogens with zero attached hydrogens (tertiary/aromatic N) is 1. The normalized spacial score (nSPS) is 15.6. The lowest BCUT2D eigenvalue weighted by Crippen LogP contribution is -2.54. The molecule has 0 unspecified atom stereocenters. The summed E-state index contributed by atoms with van der Waals surface area (Å²) in [5, 5.41) is 2.25. The number of anilines is 1. The van der Waals surface area contributed by atoms with Gasteiger partial charge in [-0.3, -0.25) is 14.9 Å². The van der Waals surface area contributed by atoms with E-state index in [-0.39, 0.29) is 29.8 Å². The standard InChI is InChI=1S/C27H20BrFN2O6S/c1-2-34-23-11-16(18(28)12-24(23)35-13-15-7-8-21-22(9-15)37-14-36-21)10-17-25(32)30-27(38)31(26(17)33)20-6-4-3-5-19(20)29/h3-12H,2,13-14H2,1H3,(H,30,32,38)/b17-10+. The van der Waals surface area contributed by atoms with Crippen molar-refractivity contribution in [2.24, 2.45) is 0 Å². The molecule has 0 aromatic heterocycles. The number of para-hydroxylation sites is 1. The summed E-state index contributed by atoms with van der Waals surface area (Å²) in [6.07, 6.45) is 1.39. The Morgan fingerprint density at radius 3 is 2.63 bits per heavy atom.